The molecule has 0 fully saturated rings. The van der Waals surface area contributed by atoms with Crippen LogP contribution in [-0.2, 0) is 6.42 Å². The monoisotopic (exact) mass is 350 g/mol. The fourth-order valence-electron chi connectivity index (χ4n) is 3.06. The molecule has 1 aliphatic carbocycles. The van der Waals surface area contributed by atoms with Gasteiger partial charge < -0.3 is 0 Å². The molecule has 0 heterocycles. The van der Waals surface area contributed by atoms with Crippen molar-refractivity contribution < 1.29 is 4.79 Å². The number of halogens is 1. The first-order valence-corrected chi connectivity index (χ1v) is 9.20. The Hall–Kier alpha value is -2.03. The third-order valence-electron chi connectivity index (χ3n) is 4.30. The summed E-state index contributed by atoms with van der Waals surface area (Å²) < 4.78 is 0. The smallest absolute Gasteiger partial charge is 0.173 e. The van der Waals surface area contributed by atoms with Crippen LogP contribution < -0.4 is 0 Å². The molecule has 0 N–H and O–H groups in total. The van der Waals surface area contributed by atoms with Crippen molar-refractivity contribution in [1.29, 1.82) is 0 Å². The standard InChI is InChI=1S/C21H15ClOS/c22-17-7-9-18(10-8-17)24-13-21(23)16-6-5-15-11-14-3-1-2-4-19(14)20(15)12-16/h1-10,12H,11,13H2. The summed E-state index contributed by atoms with van der Waals surface area (Å²) >= 11 is 7.43. The summed E-state index contributed by atoms with van der Waals surface area (Å²) in [7, 11) is 0. The molecule has 3 heteroatoms. The van der Waals surface area contributed by atoms with Gasteiger partial charge >= 0.3 is 0 Å². The first kappa shape index (κ1) is 15.5. The van der Waals surface area contributed by atoms with E-state index in [1.54, 1.807) is 11.8 Å². The Morgan fingerprint density at radius 1 is 0.917 bits per heavy atom. The minimum Gasteiger partial charge on any atom is -0.293 e. The van der Waals surface area contributed by atoms with Gasteiger partial charge in [0.15, 0.2) is 5.78 Å². The molecule has 24 heavy (non-hydrogen) atoms. The summed E-state index contributed by atoms with van der Waals surface area (Å²) in [5.41, 5.74) is 5.89. The van der Waals surface area contributed by atoms with Crippen molar-refractivity contribution in [2.45, 2.75) is 11.3 Å². The van der Waals surface area contributed by atoms with Crippen LogP contribution in [0.25, 0.3) is 11.1 Å². The minimum absolute atomic E-state index is 0.155. The Morgan fingerprint density at radius 2 is 1.67 bits per heavy atom. The second kappa shape index (κ2) is 6.46. The summed E-state index contributed by atoms with van der Waals surface area (Å²) in [6, 6.07) is 22.1. The molecule has 3 aromatic carbocycles. The van der Waals surface area contributed by atoms with Crippen LogP contribution in [-0.4, -0.2) is 11.5 Å². The van der Waals surface area contributed by atoms with E-state index in [0.717, 1.165) is 16.9 Å². The van der Waals surface area contributed by atoms with Gasteiger partial charge in [0.2, 0.25) is 0 Å². The second-order valence-corrected chi connectivity index (χ2v) is 7.36. The van der Waals surface area contributed by atoms with Gasteiger partial charge in [-0.2, -0.15) is 0 Å². The molecule has 0 saturated carbocycles. The first-order valence-electron chi connectivity index (χ1n) is 7.83. The number of fused-ring (bicyclic) bond motifs is 3. The first-order chi connectivity index (χ1) is 11.7. The second-order valence-electron chi connectivity index (χ2n) is 5.87. The van der Waals surface area contributed by atoms with E-state index < -0.39 is 0 Å². The number of carbonyl (C=O) groups is 1. The normalized spacial score (nSPS) is 11.9. The van der Waals surface area contributed by atoms with Gasteiger partial charge in [-0.25, -0.2) is 0 Å². The largest absolute Gasteiger partial charge is 0.293 e. The lowest BCUT2D eigenvalue weighted by atomic mass is 10.0. The van der Waals surface area contributed by atoms with E-state index in [9.17, 15) is 4.79 Å². The molecule has 0 amide bonds. The molecule has 0 aromatic heterocycles. The molecule has 0 spiro atoms. The van der Waals surface area contributed by atoms with E-state index in [1.807, 2.05) is 36.4 Å². The molecule has 1 nitrogen and oxygen atoms in total. The summed E-state index contributed by atoms with van der Waals surface area (Å²) in [6.07, 6.45) is 0.958. The van der Waals surface area contributed by atoms with Crippen molar-refractivity contribution >= 4 is 29.1 Å². The van der Waals surface area contributed by atoms with E-state index in [2.05, 4.69) is 30.3 Å². The van der Waals surface area contributed by atoms with Gasteiger partial charge in [-0.15, -0.1) is 11.8 Å². The van der Waals surface area contributed by atoms with E-state index in [1.165, 1.54) is 22.3 Å². The van der Waals surface area contributed by atoms with Crippen LogP contribution in [0.15, 0.2) is 71.6 Å². The van der Waals surface area contributed by atoms with Crippen LogP contribution in [0.1, 0.15) is 21.5 Å². The maximum Gasteiger partial charge on any atom is 0.173 e. The van der Waals surface area contributed by atoms with Gasteiger partial charge in [0.25, 0.3) is 0 Å². The van der Waals surface area contributed by atoms with E-state index in [0.29, 0.717) is 10.8 Å². The van der Waals surface area contributed by atoms with E-state index in [4.69, 9.17) is 11.6 Å². The molecule has 3 aromatic rings. The highest BCUT2D eigenvalue weighted by Crippen LogP contribution is 2.37. The average Bonchev–Trinajstić information content (AvgIpc) is 2.99. The van der Waals surface area contributed by atoms with Crippen LogP contribution in [0, 0.1) is 0 Å². The Balaban J connectivity index is 1.53. The fraction of sp³-hybridized carbons (Fsp3) is 0.0952. The topological polar surface area (TPSA) is 17.1 Å². The van der Waals surface area contributed by atoms with Gasteiger partial charge in [-0.3, -0.25) is 4.79 Å². The lowest BCUT2D eigenvalue weighted by Gasteiger charge is -2.06. The zero-order chi connectivity index (χ0) is 16.5. The van der Waals surface area contributed by atoms with Crippen LogP contribution in [0.4, 0.5) is 0 Å². The van der Waals surface area contributed by atoms with Crippen molar-refractivity contribution in [3.05, 3.63) is 88.4 Å². The fourth-order valence-corrected chi connectivity index (χ4v) is 3.98. The molecule has 0 aliphatic heterocycles. The number of carbonyl (C=O) groups excluding carboxylic acids is 1. The molecular weight excluding hydrogens is 336 g/mol. The number of hydrogen-bond donors (Lipinski definition) is 0. The predicted octanol–water partition coefficient (Wildman–Crippen LogP) is 5.89. The molecule has 4 rings (SSSR count). The van der Waals surface area contributed by atoms with Crippen LogP contribution in [0.5, 0.6) is 0 Å². The number of benzene rings is 3. The van der Waals surface area contributed by atoms with Crippen LogP contribution >= 0.6 is 23.4 Å². The van der Waals surface area contributed by atoms with Crippen molar-refractivity contribution in [1.82, 2.24) is 0 Å². The Bertz CT molecular complexity index is 915. The van der Waals surface area contributed by atoms with Gasteiger partial charge in [0.05, 0.1) is 5.75 Å². The van der Waals surface area contributed by atoms with E-state index >= 15 is 0 Å². The lowest BCUT2D eigenvalue weighted by Crippen LogP contribution is -2.02. The van der Waals surface area contributed by atoms with Crippen molar-refractivity contribution in [2.75, 3.05) is 5.75 Å². The molecular formula is C21H15ClOS. The Morgan fingerprint density at radius 3 is 2.50 bits per heavy atom. The van der Waals surface area contributed by atoms with Crippen LogP contribution in [0.2, 0.25) is 5.02 Å². The maximum atomic E-state index is 12.5. The third kappa shape index (κ3) is 3.00. The summed E-state index contributed by atoms with van der Waals surface area (Å²) in [6.45, 7) is 0. The number of rotatable bonds is 4. The van der Waals surface area contributed by atoms with Gasteiger partial charge in [-0.1, -0.05) is 48.0 Å². The van der Waals surface area contributed by atoms with E-state index in [-0.39, 0.29) is 5.78 Å². The minimum atomic E-state index is 0.155. The number of hydrogen-bond acceptors (Lipinski definition) is 2. The maximum absolute atomic E-state index is 12.5. The molecule has 0 unspecified atom stereocenters. The molecule has 1 aliphatic rings. The summed E-state index contributed by atoms with van der Waals surface area (Å²) in [5, 5.41) is 0.711. The summed E-state index contributed by atoms with van der Waals surface area (Å²) in [5.74, 6) is 0.587. The number of thioether (sulfide) groups is 1. The quantitative estimate of drug-likeness (QED) is 0.337. The molecule has 0 bridgehead atoms. The predicted molar refractivity (Wildman–Crippen MR) is 101 cm³/mol. The average molecular weight is 351 g/mol. The molecule has 0 atom stereocenters. The summed E-state index contributed by atoms with van der Waals surface area (Å²) in [4.78, 5) is 13.6. The van der Waals surface area contributed by atoms with Gasteiger partial charge in [0, 0.05) is 15.5 Å². The van der Waals surface area contributed by atoms with Gasteiger partial charge in [0.1, 0.15) is 0 Å². The molecule has 0 saturated heterocycles. The zero-order valence-corrected chi connectivity index (χ0v) is 14.5. The van der Waals surface area contributed by atoms with Gasteiger partial charge in [-0.05, 0) is 59.0 Å². The molecule has 0 radical (unpaired) electrons. The highest BCUT2D eigenvalue weighted by Gasteiger charge is 2.19. The van der Waals surface area contributed by atoms with Crippen molar-refractivity contribution in [3.8, 4) is 11.1 Å². The molecule has 118 valence electrons. The number of ketones is 1. The SMILES string of the molecule is O=C(CSc1ccc(Cl)cc1)c1ccc2c(c1)-c1ccccc1C2. The zero-order valence-electron chi connectivity index (χ0n) is 13.0. The highest BCUT2D eigenvalue weighted by atomic mass is 35.5. The van der Waals surface area contributed by atoms with Crippen LogP contribution in [0.3, 0.4) is 0 Å². The van der Waals surface area contributed by atoms with Crippen molar-refractivity contribution in [3.63, 3.8) is 0 Å². The highest BCUT2D eigenvalue weighted by molar-refractivity contribution is 8.00. The van der Waals surface area contributed by atoms with Crippen molar-refractivity contribution in [2.24, 2.45) is 0 Å². The Kier molecular flexibility index (Phi) is 4.17. The Labute approximate surface area is 150 Å². The third-order valence-corrected chi connectivity index (χ3v) is 5.57. The lowest BCUT2D eigenvalue weighted by molar-refractivity contribution is 0.102. The number of Topliss-reactive ketones (excluding diaryl/α,β-unsaturated/α-hetero) is 1.